The summed E-state index contributed by atoms with van der Waals surface area (Å²) in [7, 11) is 0. The van der Waals surface area contributed by atoms with Gasteiger partial charge in [0.2, 0.25) is 0 Å². The van der Waals surface area contributed by atoms with Gasteiger partial charge in [-0.15, -0.1) is 0 Å². The van der Waals surface area contributed by atoms with Gasteiger partial charge in [-0.3, -0.25) is 4.79 Å². The Hall–Kier alpha value is -3.22. The summed E-state index contributed by atoms with van der Waals surface area (Å²) in [5.74, 6) is 0.780. The van der Waals surface area contributed by atoms with Crippen molar-refractivity contribution in [1.29, 1.82) is 5.41 Å². The third-order valence-electron chi connectivity index (χ3n) is 4.97. The largest absolute Gasteiger partial charge is 0.383 e. The molecule has 138 valence electrons. The molecule has 1 saturated carbocycles. The lowest BCUT2D eigenvalue weighted by molar-refractivity contribution is 0.672. The standard InChI is InChI=1S/C20H22N6O/c1-11-4-3-5-13-8-15(26(14-6-7-14)20(27)16(11)13)9-23-19-17(12(2)21)18(22)24-10-25-19/h3-5,8,10,14,21H,6-7,9H2,1-2H3,(H3,22,23,24,25). The topological polar surface area (TPSA) is 110 Å². The Morgan fingerprint density at radius 2 is 2.15 bits per heavy atom. The Morgan fingerprint density at radius 3 is 2.85 bits per heavy atom. The highest BCUT2D eigenvalue weighted by molar-refractivity contribution is 6.04. The number of benzene rings is 1. The second kappa shape index (κ2) is 6.50. The molecule has 7 heteroatoms. The van der Waals surface area contributed by atoms with Gasteiger partial charge in [0.1, 0.15) is 18.0 Å². The van der Waals surface area contributed by atoms with Gasteiger partial charge in [0.25, 0.3) is 5.56 Å². The minimum absolute atomic E-state index is 0.0653. The van der Waals surface area contributed by atoms with Crippen molar-refractivity contribution >= 4 is 28.1 Å². The molecule has 0 aliphatic heterocycles. The van der Waals surface area contributed by atoms with Crippen molar-refractivity contribution < 1.29 is 0 Å². The normalized spacial score (nSPS) is 13.7. The summed E-state index contributed by atoms with van der Waals surface area (Å²) in [5.41, 5.74) is 8.67. The fourth-order valence-electron chi connectivity index (χ4n) is 3.55. The van der Waals surface area contributed by atoms with Crippen molar-refractivity contribution in [3.8, 4) is 0 Å². The first-order valence-electron chi connectivity index (χ1n) is 9.01. The van der Waals surface area contributed by atoms with Crippen LogP contribution in [0.3, 0.4) is 0 Å². The van der Waals surface area contributed by atoms with Gasteiger partial charge in [0.05, 0.1) is 17.5 Å². The zero-order valence-corrected chi connectivity index (χ0v) is 15.4. The lowest BCUT2D eigenvalue weighted by Crippen LogP contribution is -2.25. The lowest BCUT2D eigenvalue weighted by atomic mass is 10.1. The van der Waals surface area contributed by atoms with Crippen LogP contribution in [0.5, 0.6) is 0 Å². The Labute approximate surface area is 156 Å². The maximum absolute atomic E-state index is 13.1. The molecule has 1 aliphatic rings. The van der Waals surface area contributed by atoms with Crippen LogP contribution in [0.25, 0.3) is 10.8 Å². The number of aromatic nitrogens is 3. The van der Waals surface area contributed by atoms with Crippen molar-refractivity contribution in [2.45, 2.75) is 39.3 Å². The lowest BCUT2D eigenvalue weighted by Gasteiger charge is -2.17. The molecular formula is C20H22N6O. The minimum Gasteiger partial charge on any atom is -0.383 e. The van der Waals surface area contributed by atoms with Crippen LogP contribution >= 0.6 is 0 Å². The molecule has 7 nitrogen and oxygen atoms in total. The van der Waals surface area contributed by atoms with E-state index < -0.39 is 0 Å². The third-order valence-corrected chi connectivity index (χ3v) is 4.97. The number of pyridine rings is 1. The molecule has 1 aromatic carbocycles. The van der Waals surface area contributed by atoms with Gasteiger partial charge in [-0.2, -0.15) is 0 Å². The number of nitrogens with two attached hydrogens (primary N) is 1. The SMILES string of the molecule is CC(=N)c1c(N)ncnc1NCc1cc2cccc(C)c2c(=O)n1C1CC1. The van der Waals surface area contributed by atoms with Crippen LogP contribution in [-0.4, -0.2) is 20.2 Å². The molecule has 3 aromatic rings. The van der Waals surface area contributed by atoms with Crippen molar-refractivity contribution in [1.82, 2.24) is 14.5 Å². The van der Waals surface area contributed by atoms with E-state index in [1.165, 1.54) is 6.33 Å². The van der Waals surface area contributed by atoms with Crippen LogP contribution in [-0.2, 0) is 6.54 Å². The van der Waals surface area contributed by atoms with Crippen LogP contribution in [0.1, 0.15) is 42.6 Å². The molecule has 0 amide bonds. The first-order valence-corrected chi connectivity index (χ1v) is 9.01. The van der Waals surface area contributed by atoms with E-state index >= 15 is 0 Å². The van der Waals surface area contributed by atoms with Crippen LogP contribution in [0.2, 0.25) is 0 Å². The van der Waals surface area contributed by atoms with E-state index in [2.05, 4.69) is 21.4 Å². The highest BCUT2D eigenvalue weighted by Crippen LogP contribution is 2.35. The molecule has 0 saturated heterocycles. The first kappa shape index (κ1) is 17.2. The quantitative estimate of drug-likeness (QED) is 0.604. The summed E-state index contributed by atoms with van der Waals surface area (Å²) in [5, 5.41) is 12.9. The maximum Gasteiger partial charge on any atom is 0.259 e. The predicted octanol–water partition coefficient (Wildman–Crippen LogP) is 3.02. The van der Waals surface area contributed by atoms with Crippen molar-refractivity contribution in [2.75, 3.05) is 11.1 Å². The zero-order chi connectivity index (χ0) is 19.1. The van der Waals surface area contributed by atoms with E-state index in [-0.39, 0.29) is 17.4 Å². The summed E-state index contributed by atoms with van der Waals surface area (Å²) in [4.78, 5) is 21.3. The number of aryl methyl sites for hydroxylation is 1. The van der Waals surface area contributed by atoms with E-state index in [9.17, 15) is 4.79 Å². The summed E-state index contributed by atoms with van der Waals surface area (Å²) in [6.45, 7) is 4.05. The van der Waals surface area contributed by atoms with Gasteiger partial charge in [-0.05, 0) is 43.7 Å². The molecule has 0 spiro atoms. The number of rotatable bonds is 5. The summed E-state index contributed by atoms with van der Waals surface area (Å²) in [6, 6.07) is 8.24. The van der Waals surface area contributed by atoms with Gasteiger partial charge < -0.3 is 21.0 Å². The highest BCUT2D eigenvalue weighted by atomic mass is 16.1. The van der Waals surface area contributed by atoms with E-state index in [1.54, 1.807) is 6.92 Å². The minimum atomic E-state index is 0.0653. The fourth-order valence-corrected chi connectivity index (χ4v) is 3.55. The number of anilines is 2. The smallest absolute Gasteiger partial charge is 0.259 e. The van der Waals surface area contributed by atoms with Gasteiger partial charge >= 0.3 is 0 Å². The van der Waals surface area contributed by atoms with E-state index in [0.717, 1.165) is 34.9 Å². The van der Waals surface area contributed by atoms with Gasteiger partial charge in [-0.1, -0.05) is 18.2 Å². The second-order valence-corrected chi connectivity index (χ2v) is 7.04. The molecule has 27 heavy (non-hydrogen) atoms. The average molecular weight is 362 g/mol. The number of hydrogen-bond donors (Lipinski definition) is 3. The maximum atomic E-state index is 13.1. The molecule has 4 N–H and O–H groups in total. The Balaban J connectivity index is 1.77. The molecular weight excluding hydrogens is 340 g/mol. The molecule has 1 aliphatic carbocycles. The van der Waals surface area contributed by atoms with E-state index in [1.807, 2.05) is 29.7 Å². The van der Waals surface area contributed by atoms with Crippen LogP contribution in [0.4, 0.5) is 11.6 Å². The second-order valence-electron chi connectivity index (χ2n) is 7.04. The van der Waals surface area contributed by atoms with Crippen molar-refractivity contribution in [3.63, 3.8) is 0 Å². The molecule has 0 bridgehead atoms. The molecule has 0 radical (unpaired) electrons. The van der Waals surface area contributed by atoms with Crippen LogP contribution in [0.15, 0.2) is 35.4 Å². The molecule has 0 unspecified atom stereocenters. The van der Waals surface area contributed by atoms with E-state index in [4.69, 9.17) is 11.1 Å². The summed E-state index contributed by atoms with van der Waals surface area (Å²) in [6.07, 6.45) is 3.42. The zero-order valence-electron chi connectivity index (χ0n) is 15.4. The van der Waals surface area contributed by atoms with Gasteiger partial charge in [0, 0.05) is 17.4 Å². The van der Waals surface area contributed by atoms with Crippen molar-refractivity contribution in [2.24, 2.45) is 0 Å². The number of nitrogens with zero attached hydrogens (tertiary/aromatic N) is 3. The van der Waals surface area contributed by atoms with Crippen LogP contribution in [0, 0.1) is 12.3 Å². The Bertz CT molecular complexity index is 1110. The molecule has 1 fully saturated rings. The Morgan fingerprint density at radius 1 is 1.37 bits per heavy atom. The number of fused-ring (bicyclic) bond motifs is 1. The van der Waals surface area contributed by atoms with Gasteiger partial charge in [-0.25, -0.2) is 9.97 Å². The molecule has 0 atom stereocenters. The number of nitrogens with one attached hydrogen (secondary N) is 2. The van der Waals surface area contributed by atoms with Crippen molar-refractivity contribution in [3.05, 3.63) is 57.8 Å². The third kappa shape index (κ3) is 3.05. The summed E-state index contributed by atoms with van der Waals surface area (Å²) >= 11 is 0. The highest BCUT2D eigenvalue weighted by Gasteiger charge is 2.28. The van der Waals surface area contributed by atoms with E-state index in [0.29, 0.717) is 23.6 Å². The fraction of sp³-hybridized carbons (Fsp3) is 0.300. The number of nitrogen functional groups attached to an aromatic ring is 1. The molecule has 2 aromatic heterocycles. The first-order chi connectivity index (χ1) is 13.0. The average Bonchev–Trinajstić information content (AvgIpc) is 3.44. The molecule has 4 rings (SSSR count). The monoisotopic (exact) mass is 362 g/mol. The summed E-state index contributed by atoms with van der Waals surface area (Å²) < 4.78 is 1.91. The number of hydrogen-bond acceptors (Lipinski definition) is 6. The van der Waals surface area contributed by atoms with Gasteiger partial charge in [0.15, 0.2) is 0 Å². The predicted molar refractivity (Wildman–Crippen MR) is 107 cm³/mol. The van der Waals surface area contributed by atoms with Crippen LogP contribution < -0.4 is 16.6 Å². The molecule has 2 heterocycles. The Kier molecular flexibility index (Phi) is 4.14.